The number of amides is 1. The molecule has 0 aliphatic carbocycles. The number of sulfonamides is 1. The minimum absolute atomic E-state index is 0.0576. The SMILES string of the molecule is C[C@@H](NC(=O)c1cccc(S(=O)(=O)N2CCOCC2)c1)c1ccc(S(C)(=O)=O)cc1. The third-order valence-electron chi connectivity index (χ3n) is 4.86. The molecule has 1 fully saturated rings. The van der Waals surface area contributed by atoms with Crippen molar-refractivity contribution >= 4 is 25.8 Å². The largest absolute Gasteiger partial charge is 0.379 e. The summed E-state index contributed by atoms with van der Waals surface area (Å²) in [6.07, 6.45) is 1.13. The van der Waals surface area contributed by atoms with Crippen LogP contribution in [0.15, 0.2) is 58.3 Å². The van der Waals surface area contributed by atoms with Crippen molar-refractivity contribution in [3.63, 3.8) is 0 Å². The predicted octanol–water partition coefficient (Wildman–Crippen LogP) is 1.60. The first kappa shape index (κ1) is 22.4. The Kier molecular flexibility index (Phi) is 6.61. The number of ether oxygens (including phenoxy) is 1. The second kappa shape index (κ2) is 8.84. The molecule has 30 heavy (non-hydrogen) atoms. The summed E-state index contributed by atoms with van der Waals surface area (Å²) in [5.41, 5.74) is 0.955. The lowest BCUT2D eigenvalue weighted by atomic mass is 10.1. The van der Waals surface area contributed by atoms with Gasteiger partial charge in [0.25, 0.3) is 5.91 Å². The third kappa shape index (κ3) is 5.07. The lowest BCUT2D eigenvalue weighted by molar-refractivity contribution is 0.0730. The number of benzene rings is 2. The monoisotopic (exact) mass is 452 g/mol. The molecule has 1 aliphatic rings. The second-order valence-electron chi connectivity index (χ2n) is 7.08. The van der Waals surface area contributed by atoms with Crippen molar-refractivity contribution in [3.8, 4) is 0 Å². The molecule has 0 spiro atoms. The number of nitrogens with zero attached hydrogens (tertiary/aromatic N) is 1. The lowest BCUT2D eigenvalue weighted by Crippen LogP contribution is -2.40. The summed E-state index contributed by atoms with van der Waals surface area (Å²) in [5, 5.41) is 2.81. The van der Waals surface area contributed by atoms with Gasteiger partial charge in [-0.3, -0.25) is 4.79 Å². The van der Waals surface area contributed by atoms with Crippen molar-refractivity contribution < 1.29 is 26.4 Å². The van der Waals surface area contributed by atoms with Crippen molar-refractivity contribution in [1.82, 2.24) is 9.62 Å². The minimum Gasteiger partial charge on any atom is -0.379 e. The normalized spacial score (nSPS) is 16.7. The highest BCUT2D eigenvalue weighted by molar-refractivity contribution is 7.90. The molecule has 0 aromatic heterocycles. The molecule has 1 atom stereocenters. The van der Waals surface area contributed by atoms with Crippen molar-refractivity contribution in [3.05, 3.63) is 59.7 Å². The van der Waals surface area contributed by atoms with Gasteiger partial charge >= 0.3 is 0 Å². The van der Waals surface area contributed by atoms with E-state index in [1.165, 1.54) is 34.6 Å². The fourth-order valence-electron chi connectivity index (χ4n) is 3.10. The Hall–Kier alpha value is -2.27. The Bertz CT molecular complexity index is 1120. The van der Waals surface area contributed by atoms with Gasteiger partial charge in [0.05, 0.1) is 29.0 Å². The van der Waals surface area contributed by atoms with E-state index < -0.39 is 31.8 Å². The summed E-state index contributed by atoms with van der Waals surface area (Å²) < 4.78 is 55.3. The van der Waals surface area contributed by atoms with E-state index in [4.69, 9.17) is 4.74 Å². The summed E-state index contributed by atoms with van der Waals surface area (Å²) in [7, 11) is -7.00. The average molecular weight is 453 g/mol. The van der Waals surface area contributed by atoms with E-state index in [0.717, 1.165) is 11.8 Å². The molecule has 0 bridgehead atoms. The molecule has 2 aromatic rings. The molecule has 1 aliphatic heterocycles. The zero-order chi connectivity index (χ0) is 21.9. The standard InChI is InChI=1S/C20H24N2O6S2/c1-15(16-6-8-18(9-7-16)29(2,24)25)21-20(23)17-4-3-5-19(14-17)30(26,27)22-10-12-28-13-11-22/h3-9,14-15H,10-13H2,1-2H3,(H,21,23)/t15-/m1/s1. The van der Waals surface area contributed by atoms with E-state index in [2.05, 4.69) is 5.32 Å². The van der Waals surface area contributed by atoms with Crippen LogP contribution in [0.5, 0.6) is 0 Å². The quantitative estimate of drug-likeness (QED) is 0.713. The third-order valence-corrected chi connectivity index (χ3v) is 7.88. The van der Waals surface area contributed by atoms with Gasteiger partial charge in [-0.15, -0.1) is 0 Å². The van der Waals surface area contributed by atoms with E-state index in [9.17, 15) is 21.6 Å². The number of rotatable bonds is 6. The van der Waals surface area contributed by atoms with Gasteiger partial charge in [0.1, 0.15) is 0 Å². The molecule has 10 heteroatoms. The Morgan fingerprint density at radius 2 is 1.63 bits per heavy atom. The van der Waals surface area contributed by atoms with Crippen molar-refractivity contribution in [2.24, 2.45) is 0 Å². The molecule has 1 amide bonds. The van der Waals surface area contributed by atoms with E-state index in [1.54, 1.807) is 25.1 Å². The maximum Gasteiger partial charge on any atom is 0.251 e. The van der Waals surface area contributed by atoms with Crippen LogP contribution in [0.1, 0.15) is 28.9 Å². The van der Waals surface area contributed by atoms with Crippen LogP contribution in [-0.2, 0) is 24.6 Å². The van der Waals surface area contributed by atoms with Crippen LogP contribution in [0.25, 0.3) is 0 Å². The van der Waals surface area contributed by atoms with Gasteiger partial charge in [0.15, 0.2) is 9.84 Å². The second-order valence-corrected chi connectivity index (χ2v) is 11.0. The molecule has 0 saturated carbocycles. The maximum absolute atomic E-state index is 12.8. The van der Waals surface area contributed by atoms with Gasteiger partial charge in [-0.1, -0.05) is 18.2 Å². The van der Waals surface area contributed by atoms with Crippen LogP contribution in [0.2, 0.25) is 0 Å². The van der Waals surface area contributed by atoms with Crippen LogP contribution in [-0.4, -0.2) is 59.6 Å². The van der Waals surface area contributed by atoms with E-state index in [1.807, 2.05) is 0 Å². The van der Waals surface area contributed by atoms with Crippen LogP contribution >= 0.6 is 0 Å². The molecular weight excluding hydrogens is 428 g/mol. The highest BCUT2D eigenvalue weighted by atomic mass is 32.2. The van der Waals surface area contributed by atoms with Gasteiger partial charge in [0.2, 0.25) is 10.0 Å². The van der Waals surface area contributed by atoms with Gasteiger partial charge in [-0.2, -0.15) is 4.31 Å². The lowest BCUT2D eigenvalue weighted by Gasteiger charge is -2.26. The molecule has 0 radical (unpaired) electrons. The number of morpholine rings is 1. The van der Waals surface area contributed by atoms with E-state index >= 15 is 0 Å². The Morgan fingerprint density at radius 3 is 2.23 bits per heavy atom. The summed E-state index contributed by atoms with van der Waals surface area (Å²) in [5.74, 6) is -0.422. The smallest absolute Gasteiger partial charge is 0.251 e. The predicted molar refractivity (Wildman–Crippen MR) is 111 cm³/mol. The van der Waals surface area contributed by atoms with Crippen LogP contribution in [0.3, 0.4) is 0 Å². The number of sulfone groups is 1. The van der Waals surface area contributed by atoms with Gasteiger partial charge in [-0.25, -0.2) is 16.8 Å². The topological polar surface area (TPSA) is 110 Å². The zero-order valence-corrected chi connectivity index (χ0v) is 18.4. The average Bonchev–Trinajstić information content (AvgIpc) is 2.74. The summed E-state index contributed by atoms with van der Waals surface area (Å²) in [6, 6.07) is 11.8. The van der Waals surface area contributed by atoms with Crippen molar-refractivity contribution in [1.29, 1.82) is 0 Å². The van der Waals surface area contributed by atoms with Crippen molar-refractivity contribution in [2.75, 3.05) is 32.6 Å². The molecule has 1 heterocycles. The highest BCUT2D eigenvalue weighted by Gasteiger charge is 2.27. The number of carbonyl (C=O) groups excluding carboxylic acids is 1. The molecule has 162 valence electrons. The molecule has 3 rings (SSSR count). The van der Waals surface area contributed by atoms with Crippen LogP contribution in [0, 0.1) is 0 Å². The Morgan fingerprint density at radius 1 is 1.00 bits per heavy atom. The first-order chi connectivity index (χ1) is 14.1. The molecule has 0 unspecified atom stereocenters. The number of hydrogen-bond acceptors (Lipinski definition) is 6. The number of nitrogens with one attached hydrogen (secondary N) is 1. The van der Waals surface area contributed by atoms with E-state index in [-0.39, 0.29) is 28.4 Å². The summed E-state index contributed by atoms with van der Waals surface area (Å²) >= 11 is 0. The molecule has 1 N–H and O–H groups in total. The number of hydrogen-bond donors (Lipinski definition) is 1. The van der Waals surface area contributed by atoms with Gasteiger partial charge in [-0.05, 0) is 42.8 Å². The molecule has 1 saturated heterocycles. The molecule has 2 aromatic carbocycles. The fourth-order valence-corrected chi connectivity index (χ4v) is 5.19. The van der Waals surface area contributed by atoms with Crippen molar-refractivity contribution in [2.45, 2.75) is 22.8 Å². The van der Waals surface area contributed by atoms with E-state index in [0.29, 0.717) is 13.2 Å². The minimum atomic E-state index is -3.70. The highest BCUT2D eigenvalue weighted by Crippen LogP contribution is 2.20. The van der Waals surface area contributed by atoms with Crippen LogP contribution < -0.4 is 5.32 Å². The maximum atomic E-state index is 12.8. The first-order valence-corrected chi connectivity index (χ1v) is 12.7. The Labute approximate surface area is 176 Å². The summed E-state index contributed by atoms with van der Waals surface area (Å²) in [6.45, 7) is 3.00. The fraction of sp³-hybridized carbons (Fsp3) is 0.350. The number of carbonyl (C=O) groups is 1. The Balaban J connectivity index is 1.75. The molecule has 8 nitrogen and oxygen atoms in total. The summed E-state index contributed by atoms with van der Waals surface area (Å²) in [4.78, 5) is 12.9. The van der Waals surface area contributed by atoms with Crippen LogP contribution in [0.4, 0.5) is 0 Å². The first-order valence-electron chi connectivity index (χ1n) is 9.38. The van der Waals surface area contributed by atoms with Gasteiger partial charge < -0.3 is 10.1 Å². The zero-order valence-electron chi connectivity index (χ0n) is 16.7. The van der Waals surface area contributed by atoms with Gasteiger partial charge in [0, 0.05) is 24.9 Å². The molecular formula is C20H24N2O6S2.